The molecule has 0 aliphatic rings. The Balaban J connectivity index is 2.87. The van der Waals surface area contributed by atoms with E-state index >= 15 is 0 Å². The summed E-state index contributed by atoms with van der Waals surface area (Å²) >= 11 is 0. The van der Waals surface area contributed by atoms with E-state index in [1.54, 1.807) is 42.5 Å². The van der Waals surface area contributed by atoms with Crippen molar-refractivity contribution in [3.63, 3.8) is 0 Å². The molecule has 0 fully saturated rings. The molecule has 0 amide bonds. The van der Waals surface area contributed by atoms with Crippen LogP contribution < -0.4 is 9.47 Å². The number of allylic oxidation sites excluding steroid dienone is 3. The first-order valence-corrected chi connectivity index (χ1v) is 6.56. The maximum Gasteiger partial charge on any atom is 0.336 e. The Morgan fingerprint density at radius 2 is 1.77 bits per heavy atom. The summed E-state index contributed by atoms with van der Waals surface area (Å²) in [5, 5.41) is 0. The lowest BCUT2D eigenvalue weighted by molar-refractivity contribution is -0.134. The summed E-state index contributed by atoms with van der Waals surface area (Å²) in [6.07, 6.45) is 9.28. The molecule has 0 radical (unpaired) electrons. The van der Waals surface area contributed by atoms with E-state index in [9.17, 15) is 9.59 Å². The van der Waals surface area contributed by atoms with E-state index in [4.69, 9.17) is 9.47 Å². The predicted octanol–water partition coefficient (Wildman–Crippen LogP) is 2.92. The quantitative estimate of drug-likeness (QED) is 0.350. The molecule has 5 heteroatoms. The van der Waals surface area contributed by atoms with Crippen molar-refractivity contribution in [3.05, 3.63) is 54.1 Å². The predicted molar refractivity (Wildman–Crippen MR) is 83.6 cm³/mol. The Labute approximate surface area is 129 Å². The first-order valence-electron chi connectivity index (χ1n) is 6.56. The highest BCUT2D eigenvalue weighted by Crippen LogP contribution is 2.28. The van der Waals surface area contributed by atoms with Crippen LogP contribution in [0.15, 0.2) is 48.6 Å². The second-order valence-electron chi connectivity index (χ2n) is 4.07. The smallest absolute Gasteiger partial charge is 0.336 e. The van der Waals surface area contributed by atoms with Crippen molar-refractivity contribution in [1.82, 2.24) is 0 Å². The molecule has 0 N–H and O–H groups in total. The topological polar surface area (TPSA) is 61.8 Å². The molecule has 0 unspecified atom stereocenters. The number of carbonyl (C=O) groups is 2. The monoisotopic (exact) mass is 302 g/mol. The molecule has 5 nitrogen and oxygen atoms in total. The van der Waals surface area contributed by atoms with E-state index in [1.165, 1.54) is 26.4 Å². The third-order valence-corrected chi connectivity index (χ3v) is 2.55. The van der Waals surface area contributed by atoms with Crippen LogP contribution in [0.2, 0.25) is 0 Å². The van der Waals surface area contributed by atoms with Crippen LogP contribution in [0.4, 0.5) is 0 Å². The van der Waals surface area contributed by atoms with Crippen molar-refractivity contribution in [3.8, 4) is 11.5 Å². The highest BCUT2D eigenvalue weighted by Gasteiger charge is 2.08. The number of hydrogen-bond donors (Lipinski definition) is 0. The summed E-state index contributed by atoms with van der Waals surface area (Å²) in [5.41, 5.74) is 0.714. The number of rotatable bonds is 6. The zero-order valence-corrected chi connectivity index (χ0v) is 12.7. The molecule has 22 heavy (non-hydrogen) atoms. The van der Waals surface area contributed by atoms with Gasteiger partial charge in [0.1, 0.15) is 0 Å². The minimum atomic E-state index is -0.505. The fourth-order valence-corrected chi connectivity index (χ4v) is 1.49. The minimum absolute atomic E-state index is 0.299. The van der Waals surface area contributed by atoms with Gasteiger partial charge in [-0.05, 0) is 30.7 Å². The summed E-state index contributed by atoms with van der Waals surface area (Å²) in [6, 6.07) is 4.94. The van der Waals surface area contributed by atoms with Crippen LogP contribution in [0.5, 0.6) is 11.5 Å². The first kappa shape index (κ1) is 17.2. The molecular weight excluding hydrogens is 284 g/mol. The Kier molecular flexibility index (Phi) is 7.19. The Morgan fingerprint density at radius 3 is 2.41 bits per heavy atom. The van der Waals surface area contributed by atoms with Gasteiger partial charge < -0.3 is 14.2 Å². The van der Waals surface area contributed by atoms with Crippen molar-refractivity contribution in [2.75, 3.05) is 14.2 Å². The van der Waals surface area contributed by atoms with Crippen LogP contribution in [0.3, 0.4) is 0 Å². The van der Waals surface area contributed by atoms with Gasteiger partial charge >= 0.3 is 11.9 Å². The number of carbonyl (C=O) groups excluding carboxylic acids is 2. The lowest BCUT2D eigenvalue weighted by Crippen LogP contribution is -2.05. The van der Waals surface area contributed by atoms with Crippen LogP contribution in [-0.2, 0) is 14.3 Å². The van der Waals surface area contributed by atoms with Crippen molar-refractivity contribution >= 4 is 18.0 Å². The molecule has 0 bridgehead atoms. The van der Waals surface area contributed by atoms with Crippen LogP contribution in [0.1, 0.15) is 12.5 Å². The van der Waals surface area contributed by atoms with Gasteiger partial charge in [-0.25, -0.2) is 9.59 Å². The zero-order chi connectivity index (χ0) is 16.4. The minimum Gasteiger partial charge on any atom is -0.493 e. The molecule has 0 atom stereocenters. The Bertz CT molecular complexity index is 611. The summed E-state index contributed by atoms with van der Waals surface area (Å²) in [4.78, 5) is 22.7. The van der Waals surface area contributed by atoms with Crippen molar-refractivity contribution in [1.29, 1.82) is 0 Å². The van der Waals surface area contributed by atoms with Gasteiger partial charge in [0, 0.05) is 12.2 Å². The summed E-state index contributed by atoms with van der Waals surface area (Å²) in [7, 11) is 2.77. The molecule has 0 saturated carbocycles. The molecular formula is C17H18O5. The van der Waals surface area contributed by atoms with Crippen LogP contribution in [0, 0.1) is 0 Å². The molecule has 0 heterocycles. The fraction of sp³-hybridized carbons (Fsp3) is 0.176. The van der Waals surface area contributed by atoms with Crippen LogP contribution in [0.25, 0.3) is 6.08 Å². The van der Waals surface area contributed by atoms with Gasteiger partial charge in [-0.15, -0.1) is 0 Å². The standard InChI is InChI=1S/C17H18O5/c1-4-5-6-7-17(19)22-14-10-8-13(12-15(14)20-2)9-11-16(18)21-3/h4-12H,1-3H3/b5-4+,7-6+,11-9+. The highest BCUT2D eigenvalue weighted by atomic mass is 16.6. The third kappa shape index (κ3) is 5.66. The Hall–Kier alpha value is -2.82. The first-order chi connectivity index (χ1) is 10.6. The third-order valence-electron chi connectivity index (χ3n) is 2.55. The van der Waals surface area contributed by atoms with E-state index in [0.717, 1.165) is 0 Å². The highest BCUT2D eigenvalue weighted by molar-refractivity contribution is 5.87. The SMILES string of the molecule is C/C=C/C=C/C(=O)Oc1ccc(/C=C/C(=O)OC)cc1OC. The van der Waals surface area contributed by atoms with Gasteiger partial charge in [0.2, 0.25) is 0 Å². The molecule has 1 aromatic rings. The van der Waals surface area contributed by atoms with Crippen molar-refractivity contribution in [2.24, 2.45) is 0 Å². The molecule has 116 valence electrons. The van der Waals surface area contributed by atoms with Gasteiger partial charge in [-0.1, -0.05) is 24.3 Å². The lowest BCUT2D eigenvalue weighted by atomic mass is 10.2. The van der Waals surface area contributed by atoms with Gasteiger partial charge in [0.15, 0.2) is 11.5 Å². The van der Waals surface area contributed by atoms with E-state index in [1.807, 2.05) is 6.92 Å². The molecule has 1 aromatic carbocycles. The molecule has 0 aromatic heterocycles. The largest absolute Gasteiger partial charge is 0.493 e. The number of esters is 2. The van der Waals surface area contributed by atoms with Crippen LogP contribution >= 0.6 is 0 Å². The number of benzene rings is 1. The molecule has 1 rings (SSSR count). The van der Waals surface area contributed by atoms with Crippen molar-refractivity contribution < 1.29 is 23.8 Å². The van der Waals surface area contributed by atoms with E-state index in [0.29, 0.717) is 17.1 Å². The summed E-state index contributed by atoms with van der Waals surface area (Å²) < 4.78 is 14.9. The van der Waals surface area contributed by atoms with Gasteiger partial charge in [0.25, 0.3) is 0 Å². The lowest BCUT2D eigenvalue weighted by Gasteiger charge is -2.08. The Morgan fingerprint density at radius 1 is 1.00 bits per heavy atom. The molecule has 0 saturated heterocycles. The molecule has 0 aliphatic heterocycles. The second kappa shape index (κ2) is 9.18. The van der Waals surface area contributed by atoms with E-state index < -0.39 is 11.9 Å². The van der Waals surface area contributed by atoms with Gasteiger partial charge in [0.05, 0.1) is 14.2 Å². The zero-order valence-electron chi connectivity index (χ0n) is 12.7. The molecule has 0 aliphatic carbocycles. The number of hydrogen-bond acceptors (Lipinski definition) is 5. The average Bonchev–Trinajstić information content (AvgIpc) is 2.53. The molecule has 0 spiro atoms. The van der Waals surface area contributed by atoms with Crippen molar-refractivity contribution in [2.45, 2.75) is 6.92 Å². The van der Waals surface area contributed by atoms with Gasteiger partial charge in [-0.3, -0.25) is 0 Å². The number of ether oxygens (including phenoxy) is 3. The van der Waals surface area contributed by atoms with E-state index in [-0.39, 0.29) is 0 Å². The normalized spacial score (nSPS) is 11.2. The van der Waals surface area contributed by atoms with Gasteiger partial charge in [-0.2, -0.15) is 0 Å². The maximum atomic E-state index is 11.6. The summed E-state index contributed by atoms with van der Waals surface area (Å²) in [5.74, 6) is -0.273. The summed E-state index contributed by atoms with van der Waals surface area (Å²) in [6.45, 7) is 1.85. The fourth-order valence-electron chi connectivity index (χ4n) is 1.49. The maximum absolute atomic E-state index is 11.6. The van der Waals surface area contributed by atoms with Crippen LogP contribution in [-0.4, -0.2) is 26.2 Å². The van der Waals surface area contributed by atoms with E-state index in [2.05, 4.69) is 4.74 Å². The second-order valence-corrected chi connectivity index (χ2v) is 4.07. The number of methoxy groups -OCH3 is 2. The average molecular weight is 302 g/mol.